The molecule has 5 heteroatoms. The highest BCUT2D eigenvalue weighted by molar-refractivity contribution is 5.83. The first-order valence-corrected chi connectivity index (χ1v) is 11.7. The van der Waals surface area contributed by atoms with Crippen LogP contribution < -0.4 is 10.1 Å². The Kier molecular flexibility index (Phi) is 8.32. The lowest BCUT2D eigenvalue weighted by atomic mass is 9.96. The normalized spacial score (nSPS) is 17.0. The van der Waals surface area contributed by atoms with E-state index in [9.17, 15) is 9.59 Å². The van der Waals surface area contributed by atoms with Gasteiger partial charge >= 0.3 is 0 Å². The molecular weight excluding hydrogens is 400 g/mol. The summed E-state index contributed by atoms with van der Waals surface area (Å²) in [5.74, 6) is 1.52. The molecule has 2 atom stereocenters. The van der Waals surface area contributed by atoms with Crippen molar-refractivity contribution in [2.45, 2.75) is 53.0 Å². The molecule has 172 valence electrons. The molecule has 1 aliphatic heterocycles. The summed E-state index contributed by atoms with van der Waals surface area (Å²) in [4.78, 5) is 27.1. The predicted octanol–water partition coefficient (Wildman–Crippen LogP) is 4.55. The van der Waals surface area contributed by atoms with Crippen LogP contribution in [0.5, 0.6) is 5.75 Å². The molecule has 1 fully saturated rings. The first-order valence-electron chi connectivity index (χ1n) is 11.7. The molecule has 32 heavy (non-hydrogen) atoms. The summed E-state index contributed by atoms with van der Waals surface area (Å²) in [6, 6.07) is 16.2. The maximum Gasteiger partial charge on any atom is 0.227 e. The van der Waals surface area contributed by atoms with Crippen molar-refractivity contribution in [3.05, 3.63) is 65.2 Å². The fourth-order valence-electron chi connectivity index (χ4n) is 4.23. The molecule has 0 saturated carbocycles. The monoisotopic (exact) mass is 436 g/mol. The van der Waals surface area contributed by atoms with Gasteiger partial charge < -0.3 is 15.0 Å². The fraction of sp³-hybridized carbons (Fsp3) is 0.481. The number of hydrogen-bond donors (Lipinski definition) is 1. The van der Waals surface area contributed by atoms with Crippen LogP contribution in [0, 0.1) is 11.8 Å². The molecule has 0 aliphatic carbocycles. The highest BCUT2D eigenvalue weighted by Gasteiger charge is 2.30. The van der Waals surface area contributed by atoms with E-state index in [0.29, 0.717) is 38.6 Å². The van der Waals surface area contributed by atoms with Crippen LogP contribution in [-0.2, 0) is 22.6 Å². The molecule has 0 spiro atoms. The molecule has 2 amide bonds. The van der Waals surface area contributed by atoms with Gasteiger partial charge in [0.2, 0.25) is 11.8 Å². The molecule has 3 rings (SSSR count). The average molecular weight is 437 g/mol. The molecule has 1 N–H and O–H groups in total. The number of nitrogens with one attached hydrogen (secondary N) is 1. The van der Waals surface area contributed by atoms with Crippen LogP contribution in [0.3, 0.4) is 0 Å². The van der Waals surface area contributed by atoms with Crippen molar-refractivity contribution in [3.63, 3.8) is 0 Å². The summed E-state index contributed by atoms with van der Waals surface area (Å²) < 4.78 is 5.56. The molecule has 0 aromatic heterocycles. The van der Waals surface area contributed by atoms with Crippen molar-refractivity contribution in [3.8, 4) is 5.75 Å². The predicted molar refractivity (Wildman–Crippen MR) is 128 cm³/mol. The van der Waals surface area contributed by atoms with Gasteiger partial charge in [0.05, 0.1) is 12.5 Å². The van der Waals surface area contributed by atoms with Crippen LogP contribution in [0.4, 0.5) is 0 Å². The molecule has 5 nitrogen and oxygen atoms in total. The first kappa shape index (κ1) is 23.8. The number of amides is 2. The minimum absolute atomic E-state index is 0.0110. The highest BCUT2D eigenvalue weighted by Crippen LogP contribution is 2.23. The standard InChI is InChI=1S/C27H36N2O3/c1-5-32-25-8-6-7-22(14-25)17-29-18-23(15-26(29)30)16-28-27(31)20(4)24-11-9-21(10-12-24)13-19(2)3/h6-12,14,19-20,23H,5,13,15-18H2,1-4H3,(H,28,31). The number of benzene rings is 2. The summed E-state index contributed by atoms with van der Waals surface area (Å²) in [5.41, 5.74) is 3.38. The third-order valence-corrected chi connectivity index (χ3v) is 5.96. The van der Waals surface area contributed by atoms with Crippen molar-refractivity contribution in [1.29, 1.82) is 0 Å². The average Bonchev–Trinajstić information content (AvgIpc) is 3.11. The fourth-order valence-corrected chi connectivity index (χ4v) is 4.23. The number of rotatable bonds is 10. The van der Waals surface area contributed by atoms with E-state index >= 15 is 0 Å². The van der Waals surface area contributed by atoms with Crippen LogP contribution in [0.25, 0.3) is 0 Å². The van der Waals surface area contributed by atoms with Gasteiger partial charge in [-0.15, -0.1) is 0 Å². The van der Waals surface area contributed by atoms with E-state index in [2.05, 4.69) is 43.4 Å². The number of nitrogens with zero attached hydrogens (tertiary/aromatic N) is 1. The zero-order valence-electron chi connectivity index (χ0n) is 19.8. The number of ether oxygens (including phenoxy) is 1. The number of hydrogen-bond acceptors (Lipinski definition) is 3. The Morgan fingerprint density at radius 3 is 2.56 bits per heavy atom. The summed E-state index contributed by atoms with van der Waals surface area (Å²) in [7, 11) is 0. The zero-order chi connectivity index (χ0) is 23.1. The second-order valence-electron chi connectivity index (χ2n) is 9.23. The van der Waals surface area contributed by atoms with Gasteiger partial charge in [-0.05, 0) is 55.0 Å². The SMILES string of the molecule is CCOc1cccc(CN2CC(CNC(=O)C(C)c3ccc(CC(C)C)cc3)CC2=O)c1. The maximum absolute atomic E-state index is 12.7. The smallest absolute Gasteiger partial charge is 0.227 e. The van der Waals surface area contributed by atoms with Gasteiger partial charge in [0.1, 0.15) is 5.75 Å². The minimum Gasteiger partial charge on any atom is -0.494 e. The molecule has 2 aromatic carbocycles. The van der Waals surface area contributed by atoms with E-state index in [4.69, 9.17) is 4.74 Å². The third-order valence-electron chi connectivity index (χ3n) is 5.96. The number of likely N-dealkylation sites (tertiary alicyclic amines) is 1. The van der Waals surface area contributed by atoms with Gasteiger partial charge in [-0.1, -0.05) is 50.2 Å². The first-order chi connectivity index (χ1) is 15.4. The topological polar surface area (TPSA) is 58.6 Å². The molecular formula is C27H36N2O3. The minimum atomic E-state index is -0.211. The Morgan fingerprint density at radius 1 is 1.12 bits per heavy atom. The molecule has 2 unspecified atom stereocenters. The Morgan fingerprint density at radius 2 is 1.88 bits per heavy atom. The number of carbonyl (C=O) groups excluding carboxylic acids is 2. The largest absolute Gasteiger partial charge is 0.494 e. The van der Waals surface area contributed by atoms with Gasteiger partial charge in [0.15, 0.2) is 0 Å². The lowest BCUT2D eigenvalue weighted by Crippen LogP contribution is -2.33. The van der Waals surface area contributed by atoms with Gasteiger partial charge in [-0.25, -0.2) is 0 Å². The van der Waals surface area contributed by atoms with E-state index in [1.54, 1.807) is 0 Å². The Bertz CT molecular complexity index is 907. The van der Waals surface area contributed by atoms with E-state index in [1.165, 1.54) is 5.56 Å². The molecule has 1 heterocycles. The van der Waals surface area contributed by atoms with Crippen LogP contribution in [-0.4, -0.2) is 36.4 Å². The van der Waals surface area contributed by atoms with Gasteiger partial charge in [-0.3, -0.25) is 9.59 Å². The quantitative estimate of drug-likeness (QED) is 0.594. The molecule has 0 bridgehead atoms. The zero-order valence-corrected chi connectivity index (χ0v) is 19.8. The van der Waals surface area contributed by atoms with Crippen LogP contribution in [0.1, 0.15) is 56.7 Å². The second-order valence-corrected chi connectivity index (χ2v) is 9.23. The van der Waals surface area contributed by atoms with Crippen molar-refractivity contribution >= 4 is 11.8 Å². The van der Waals surface area contributed by atoms with Gasteiger partial charge in [0.25, 0.3) is 0 Å². The van der Waals surface area contributed by atoms with E-state index in [1.807, 2.05) is 43.0 Å². The Balaban J connectivity index is 1.49. The second kappa shape index (κ2) is 11.2. The van der Waals surface area contributed by atoms with Crippen LogP contribution in [0.2, 0.25) is 0 Å². The molecule has 2 aromatic rings. The summed E-state index contributed by atoms with van der Waals surface area (Å²) >= 11 is 0. The summed E-state index contributed by atoms with van der Waals surface area (Å²) in [6.07, 6.45) is 1.52. The third kappa shape index (κ3) is 6.59. The van der Waals surface area contributed by atoms with E-state index in [0.717, 1.165) is 23.3 Å². The van der Waals surface area contributed by atoms with Crippen molar-refractivity contribution in [2.24, 2.45) is 11.8 Å². The summed E-state index contributed by atoms with van der Waals surface area (Å²) in [6.45, 7) is 10.7. The van der Waals surface area contributed by atoms with E-state index < -0.39 is 0 Å². The van der Waals surface area contributed by atoms with Crippen molar-refractivity contribution < 1.29 is 14.3 Å². The Labute approximate surface area is 192 Å². The molecule has 1 saturated heterocycles. The van der Waals surface area contributed by atoms with Crippen LogP contribution >= 0.6 is 0 Å². The lowest BCUT2D eigenvalue weighted by Gasteiger charge is -2.18. The van der Waals surface area contributed by atoms with E-state index in [-0.39, 0.29) is 23.7 Å². The highest BCUT2D eigenvalue weighted by atomic mass is 16.5. The Hall–Kier alpha value is -2.82. The van der Waals surface area contributed by atoms with Crippen molar-refractivity contribution in [1.82, 2.24) is 10.2 Å². The van der Waals surface area contributed by atoms with Gasteiger partial charge in [-0.2, -0.15) is 0 Å². The maximum atomic E-state index is 12.7. The number of carbonyl (C=O) groups is 2. The van der Waals surface area contributed by atoms with Crippen LogP contribution in [0.15, 0.2) is 48.5 Å². The van der Waals surface area contributed by atoms with Gasteiger partial charge in [0, 0.05) is 32.0 Å². The van der Waals surface area contributed by atoms with Crippen molar-refractivity contribution in [2.75, 3.05) is 19.7 Å². The molecule has 1 aliphatic rings. The summed E-state index contributed by atoms with van der Waals surface area (Å²) in [5, 5.41) is 3.06. The molecule has 0 radical (unpaired) electrons. The lowest BCUT2D eigenvalue weighted by molar-refractivity contribution is -0.128.